The van der Waals surface area contributed by atoms with Gasteiger partial charge in [0.1, 0.15) is 6.26 Å². The lowest BCUT2D eigenvalue weighted by Gasteiger charge is -2.16. The van der Waals surface area contributed by atoms with Crippen LogP contribution in [0.15, 0.2) is 65.3 Å². The molecule has 0 spiro atoms. The first-order valence-electron chi connectivity index (χ1n) is 8.64. The molecule has 0 radical (unpaired) electrons. The summed E-state index contributed by atoms with van der Waals surface area (Å²) in [6.07, 6.45) is 2.44. The van der Waals surface area contributed by atoms with Crippen molar-refractivity contribution in [3.05, 3.63) is 77.7 Å². The summed E-state index contributed by atoms with van der Waals surface area (Å²) in [5.41, 5.74) is 4.32. The first kappa shape index (κ1) is 17.4. The molecule has 1 atom stereocenters. The van der Waals surface area contributed by atoms with Crippen LogP contribution in [0.4, 0.5) is 0 Å². The molecule has 3 aromatic rings. The second-order valence-electron chi connectivity index (χ2n) is 6.26. The molecule has 0 aliphatic carbocycles. The van der Waals surface area contributed by atoms with Crippen LogP contribution >= 0.6 is 0 Å². The summed E-state index contributed by atoms with van der Waals surface area (Å²) < 4.78 is 5.59. The summed E-state index contributed by atoms with van der Waals surface area (Å²) in [5.74, 6) is 0.932. The minimum absolute atomic E-state index is 0.183. The maximum Gasteiger partial charge on any atom is 0.226 e. The van der Waals surface area contributed by atoms with E-state index in [0.29, 0.717) is 12.4 Å². The number of aliphatic hydroxyl groups is 1. The van der Waals surface area contributed by atoms with E-state index in [1.807, 2.05) is 30.3 Å². The number of nitrogens with zero attached hydrogens (tertiary/aromatic N) is 1. The quantitative estimate of drug-likeness (QED) is 0.655. The molecule has 3 rings (SSSR count). The van der Waals surface area contributed by atoms with E-state index in [4.69, 9.17) is 4.42 Å². The number of nitrogens with one attached hydrogen (secondary N) is 1. The topological polar surface area (TPSA) is 58.3 Å². The zero-order valence-corrected chi connectivity index (χ0v) is 14.5. The van der Waals surface area contributed by atoms with Gasteiger partial charge < -0.3 is 14.8 Å². The third-order valence-corrected chi connectivity index (χ3v) is 4.30. The van der Waals surface area contributed by atoms with Gasteiger partial charge in [0.2, 0.25) is 5.89 Å². The van der Waals surface area contributed by atoms with Crippen LogP contribution in [-0.2, 0) is 6.54 Å². The molecular weight excluding hydrogens is 312 g/mol. The van der Waals surface area contributed by atoms with Crippen LogP contribution < -0.4 is 5.32 Å². The van der Waals surface area contributed by atoms with E-state index in [-0.39, 0.29) is 12.5 Å². The Kier molecular flexibility index (Phi) is 5.99. The van der Waals surface area contributed by atoms with E-state index in [1.54, 1.807) is 6.26 Å². The number of oxazole rings is 1. The summed E-state index contributed by atoms with van der Waals surface area (Å²) in [6, 6.07) is 18.4. The summed E-state index contributed by atoms with van der Waals surface area (Å²) in [6.45, 7) is 3.68. The lowest BCUT2D eigenvalue weighted by molar-refractivity contribution is 0.273. The molecule has 4 nitrogen and oxygen atoms in total. The SMILES string of the molecule is Cc1ccc(-c2nc(CNCC(CCO)c3ccccc3)co2)cc1. The monoisotopic (exact) mass is 336 g/mol. The van der Waals surface area contributed by atoms with Crippen molar-refractivity contribution in [2.75, 3.05) is 13.2 Å². The average Bonchev–Trinajstić information content (AvgIpc) is 3.11. The number of benzene rings is 2. The van der Waals surface area contributed by atoms with E-state index >= 15 is 0 Å². The van der Waals surface area contributed by atoms with Gasteiger partial charge in [-0.25, -0.2) is 4.98 Å². The molecule has 2 N–H and O–H groups in total. The van der Waals surface area contributed by atoms with Crippen LogP contribution in [0.25, 0.3) is 11.5 Å². The maximum absolute atomic E-state index is 9.31. The molecule has 0 fully saturated rings. The third kappa shape index (κ3) is 4.78. The molecule has 0 bridgehead atoms. The van der Waals surface area contributed by atoms with E-state index < -0.39 is 0 Å². The normalized spacial score (nSPS) is 12.2. The first-order valence-corrected chi connectivity index (χ1v) is 8.64. The fourth-order valence-corrected chi connectivity index (χ4v) is 2.86. The van der Waals surface area contributed by atoms with Gasteiger partial charge in [-0.05, 0) is 37.0 Å². The van der Waals surface area contributed by atoms with Crippen LogP contribution in [0.3, 0.4) is 0 Å². The fraction of sp³-hybridized carbons (Fsp3) is 0.286. The Balaban J connectivity index is 1.57. The largest absolute Gasteiger partial charge is 0.444 e. The van der Waals surface area contributed by atoms with Crippen LogP contribution in [-0.4, -0.2) is 23.2 Å². The molecule has 0 saturated heterocycles. The second-order valence-corrected chi connectivity index (χ2v) is 6.26. The third-order valence-electron chi connectivity index (χ3n) is 4.30. The van der Waals surface area contributed by atoms with Crippen LogP contribution in [0.2, 0.25) is 0 Å². The smallest absolute Gasteiger partial charge is 0.226 e. The van der Waals surface area contributed by atoms with Gasteiger partial charge in [0, 0.05) is 25.3 Å². The fourth-order valence-electron chi connectivity index (χ4n) is 2.86. The Hall–Kier alpha value is -2.43. The number of aliphatic hydroxyl groups excluding tert-OH is 1. The zero-order valence-electron chi connectivity index (χ0n) is 14.5. The van der Waals surface area contributed by atoms with Gasteiger partial charge in [-0.15, -0.1) is 0 Å². The minimum Gasteiger partial charge on any atom is -0.444 e. The Bertz CT molecular complexity index is 766. The highest BCUT2D eigenvalue weighted by molar-refractivity contribution is 5.53. The van der Waals surface area contributed by atoms with Crippen LogP contribution in [0.1, 0.15) is 29.2 Å². The van der Waals surface area contributed by atoms with E-state index in [2.05, 4.69) is 41.5 Å². The molecule has 1 heterocycles. The first-order chi connectivity index (χ1) is 12.3. The molecule has 0 amide bonds. The lowest BCUT2D eigenvalue weighted by Crippen LogP contribution is -2.22. The van der Waals surface area contributed by atoms with Gasteiger partial charge in [-0.3, -0.25) is 0 Å². The number of aromatic nitrogens is 1. The maximum atomic E-state index is 9.31. The van der Waals surface area contributed by atoms with Crippen molar-refractivity contribution in [1.29, 1.82) is 0 Å². The Morgan fingerprint density at radius 3 is 2.56 bits per heavy atom. The Morgan fingerprint density at radius 1 is 1.08 bits per heavy atom. The van der Waals surface area contributed by atoms with Crippen molar-refractivity contribution < 1.29 is 9.52 Å². The highest BCUT2D eigenvalue weighted by Crippen LogP contribution is 2.20. The highest BCUT2D eigenvalue weighted by Gasteiger charge is 2.11. The van der Waals surface area contributed by atoms with Crippen molar-refractivity contribution in [2.45, 2.75) is 25.8 Å². The van der Waals surface area contributed by atoms with Gasteiger partial charge in [0.05, 0.1) is 5.69 Å². The molecule has 130 valence electrons. The van der Waals surface area contributed by atoms with Crippen molar-refractivity contribution >= 4 is 0 Å². The van der Waals surface area contributed by atoms with Gasteiger partial charge in [0.15, 0.2) is 0 Å². The van der Waals surface area contributed by atoms with Crippen molar-refractivity contribution in [3.63, 3.8) is 0 Å². The number of aryl methyl sites for hydroxylation is 1. The highest BCUT2D eigenvalue weighted by atomic mass is 16.3. The van der Waals surface area contributed by atoms with Crippen molar-refractivity contribution in [2.24, 2.45) is 0 Å². The Morgan fingerprint density at radius 2 is 1.84 bits per heavy atom. The van der Waals surface area contributed by atoms with Gasteiger partial charge in [0.25, 0.3) is 0 Å². The van der Waals surface area contributed by atoms with Crippen molar-refractivity contribution in [1.82, 2.24) is 10.3 Å². The molecule has 4 heteroatoms. The molecular formula is C21H24N2O2. The minimum atomic E-state index is 0.183. The molecule has 25 heavy (non-hydrogen) atoms. The van der Waals surface area contributed by atoms with Crippen molar-refractivity contribution in [3.8, 4) is 11.5 Å². The average molecular weight is 336 g/mol. The predicted octanol–water partition coefficient (Wildman–Crippen LogP) is 3.91. The lowest BCUT2D eigenvalue weighted by atomic mass is 9.96. The summed E-state index contributed by atoms with van der Waals surface area (Å²) >= 11 is 0. The van der Waals surface area contributed by atoms with Crippen LogP contribution in [0, 0.1) is 6.92 Å². The van der Waals surface area contributed by atoms with E-state index in [1.165, 1.54) is 11.1 Å². The zero-order chi connectivity index (χ0) is 17.5. The van der Waals surface area contributed by atoms with E-state index in [9.17, 15) is 5.11 Å². The van der Waals surface area contributed by atoms with Gasteiger partial charge >= 0.3 is 0 Å². The number of rotatable bonds is 8. The van der Waals surface area contributed by atoms with Gasteiger partial charge in [-0.1, -0.05) is 48.0 Å². The Labute approximate surface area is 148 Å². The predicted molar refractivity (Wildman–Crippen MR) is 99.3 cm³/mol. The number of hydrogen-bond donors (Lipinski definition) is 2. The van der Waals surface area contributed by atoms with Gasteiger partial charge in [-0.2, -0.15) is 0 Å². The molecule has 1 aromatic heterocycles. The summed E-state index contributed by atoms with van der Waals surface area (Å²) in [5, 5.41) is 12.7. The number of hydrogen-bond acceptors (Lipinski definition) is 4. The van der Waals surface area contributed by atoms with E-state index in [0.717, 1.165) is 24.2 Å². The molecule has 2 aromatic carbocycles. The molecule has 0 saturated carbocycles. The summed E-state index contributed by atoms with van der Waals surface area (Å²) in [4.78, 5) is 4.55. The van der Waals surface area contributed by atoms with Crippen LogP contribution in [0.5, 0.6) is 0 Å². The molecule has 0 aliphatic heterocycles. The molecule has 1 unspecified atom stereocenters. The summed E-state index contributed by atoms with van der Waals surface area (Å²) in [7, 11) is 0. The molecule has 0 aliphatic rings. The second kappa shape index (κ2) is 8.60. The standard InChI is InChI=1S/C21H24N2O2/c1-16-7-9-18(10-8-16)21-23-20(15-25-21)14-22-13-19(11-12-24)17-5-3-2-4-6-17/h2-10,15,19,22,24H,11-14H2,1H3.